The quantitative estimate of drug-likeness (QED) is 0.753. The molecular weight excluding hydrogens is 252 g/mol. The summed E-state index contributed by atoms with van der Waals surface area (Å²) in [6.45, 7) is 7.30. The van der Waals surface area contributed by atoms with Crippen LogP contribution in [0.1, 0.15) is 58.8 Å². The van der Waals surface area contributed by atoms with Gasteiger partial charge in [-0.15, -0.1) is 0 Å². The third-order valence-electron chi connectivity index (χ3n) is 5.02. The Morgan fingerprint density at radius 2 is 2.05 bits per heavy atom. The summed E-state index contributed by atoms with van der Waals surface area (Å²) >= 11 is 0. The van der Waals surface area contributed by atoms with E-state index >= 15 is 0 Å². The van der Waals surface area contributed by atoms with Crippen LogP contribution in [0.5, 0.6) is 0 Å². The standard InChI is InChI=1S/C16H30N2O2/c1-3-13-5-4-10-18(11-8-13)12-9-16(2,15(19)20)17-14-6-7-14/h13-14,17H,3-12H2,1-2H3,(H,19,20). The van der Waals surface area contributed by atoms with Crippen molar-refractivity contribution in [2.75, 3.05) is 19.6 Å². The highest BCUT2D eigenvalue weighted by Crippen LogP contribution is 2.25. The molecule has 0 spiro atoms. The fourth-order valence-electron chi connectivity index (χ4n) is 3.16. The highest BCUT2D eigenvalue weighted by Gasteiger charge is 2.38. The van der Waals surface area contributed by atoms with Crippen molar-refractivity contribution in [2.45, 2.75) is 70.4 Å². The fraction of sp³-hybridized carbons (Fsp3) is 0.938. The summed E-state index contributed by atoms with van der Waals surface area (Å²) in [6, 6.07) is 0.435. The minimum atomic E-state index is -0.752. The van der Waals surface area contributed by atoms with Crippen LogP contribution in [0.25, 0.3) is 0 Å². The third-order valence-corrected chi connectivity index (χ3v) is 5.02. The normalized spacial score (nSPS) is 27.8. The van der Waals surface area contributed by atoms with Crippen molar-refractivity contribution in [1.29, 1.82) is 0 Å². The second-order valence-corrected chi connectivity index (χ2v) is 6.85. The molecule has 0 amide bonds. The van der Waals surface area contributed by atoms with Crippen molar-refractivity contribution >= 4 is 5.97 Å². The molecule has 0 aromatic rings. The molecule has 116 valence electrons. The molecule has 0 bridgehead atoms. The molecule has 1 saturated carbocycles. The van der Waals surface area contributed by atoms with Gasteiger partial charge in [0.15, 0.2) is 0 Å². The van der Waals surface area contributed by atoms with Gasteiger partial charge in [0.1, 0.15) is 5.54 Å². The lowest BCUT2D eigenvalue weighted by Gasteiger charge is -2.30. The molecular formula is C16H30N2O2. The molecule has 2 fully saturated rings. The van der Waals surface area contributed by atoms with E-state index < -0.39 is 11.5 Å². The minimum absolute atomic E-state index is 0.435. The molecule has 2 unspecified atom stereocenters. The SMILES string of the molecule is CCC1CCCN(CCC(C)(NC2CC2)C(=O)O)CC1. The topological polar surface area (TPSA) is 52.6 Å². The number of nitrogens with one attached hydrogen (secondary N) is 1. The van der Waals surface area contributed by atoms with Crippen molar-refractivity contribution in [3.05, 3.63) is 0 Å². The monoisotopic (exact) mass is 282 g/mol. The zero-order valence-corrected chi connectivity index (χ0v) is 13.0. The number of hydrogen-bond donors (Lipinski definition) is 2. The number of aliphatic carboxylic acids is 1. The van der Waals surface area contributed by atoms with E-state index in [1.54, 1.807) is 0 Å². The maximum atomic E-state index is 11.5. The minimum Gasteiger partial charge on any atom is -0.480 e. The van der Waals surface area contributed by atoms with E-state index in [1.165, 1.54) is 25.7 Å². The Bertz CT molecular complexity index is 330. The molecule has 4 nitrogen and oxygen atoms in total. The summed E-state index contributed by atoms with van der Waals surface area (Å²) in [5, 5.41) is 12.8. The van der Waals surface area contributed by atoms with Gasteiger partial charge in [-0.25, -0.2) is 0 Å². The largest absolute Gasteiger partial charge is 0.480 e. The maximum Gasteiger partial charge on any atom is 0.323 e. The lowest BCUT2D eigenvalue weighted by molar-refractivity contribution is -0.144. The fourth-order valence-corrected chi connectivity index (χ4v) is 3.16. The zero-order chi connectivity index (χ0) is 14.6. The molecule has 0 radical (unpaired) electrons. The predicted molar refractivity (Wildman–Crippen MR) is 80.9 cm³/mol. The van der Waals surface area contributed by atoms with Gasteiger partial charge in [-0.2, -0.15) is 0 Å². The van der Waals surface area contributed by atoms with Crippen LogP contribution >= 0.6 is 0 Å². The Morgan fingerprint density at radius 3 is 2.65 bits per heavy atom. The molecule has 2 atom stereocenters. The van der Waals surface area contributed by atoms with E-state index in [9.17, 15) is 9.90 Å². The van der Waals surface area contributed by atoms with Crippen LogP contribution < -0.4 is 5.32 Å². The van der Waals surface area contributed by atoms with Crippen LogP contribution in [0.3, 0.4) is 0 Å². The van der Waals surface area contributed by atoms with Gasteiger partial charge in [0, 0.05) is 12.6 Å². The number of hydrogen-bond acceptors (Lipinski definition) is 3. The van der Waals surface area contributed by atoms with E-state index in [0.29, 0.717) is 12.5 Å². The van der Waals surface area contributed by atoms with Gasteiger partial charge < -0.3 is 10.0 Å². The van der Waals surface area contributed by atoms with Crippen molar-refractivity contribution in [1.82, 2.24) is 10.2 Å². The first-order valence-corrected chi connectivity index (χ1v) is 8.27. The summed E-state index contributed by atoms with van der Waals surface area (Å²) in [5.41, 5.74) is -0.752. The van der Waals surface area contributed by atoms with Crippen LogP contribution in [0.15, 0.2) is 0 Å². The van der Waals surface area contributed by atoms with Crippen LogP contribution in [0, 0.1) is 5.92 Å². The van der Waals surface area contributed by atoms with E-state index in [0.717, 1.165) is 38.4 Å². The number of carboxylic acid groups (broad SMARTS) is 1. The molecule has 0 aromatic heterocycles. The maximum absolute atomic E-state index is 11.5. The van der Waals surface area contributed by atoms with E-state index in [2.05, 4.69) is 17.1 Å². The van der Waals surface area contributed by atoms with E-state index in [4.69, 9.17) is 0 Å². The first-order chi connectivity index (χ1) is 9.53. The van der Waals surface area contributed by atoms with Gasteiger partial charge in [-0.1, -0.05) is 13.3 Å². The summed E-state index contributed by atoms with van der Waals surface area (Å²) in [5.74, 6) is 0.168. The number of nitrogens with zero attached hydrogens (tertiary/aromatic N) is 1. The number of likely N-dealkylation sites (tertiary alicyclic amines) is 1. The molecule has 2 rings (SSSR count). The predicted octanol–water partition coefficient (Wildman–Crippen LogP) is 2.48. The van der Waals surface area contributed by atoms with Gasteiger partial charge in [0.2, 0.25) is 0 Å². The molecule has 2 aliphatic rings. The van der Waals surface area contributed by atoms with Crippen LogP contribution in [-0.2, 0) is 4.79 Å². The van der Waals surface area contributed by atoms with Crippen molar-refractivity contribution in [3.8, 4) is 0 Å². The van der Waals surface area contributed by atoms with Crippen molar-refractivity contribution < 1.29 is 9.90 Å². The van der Waals surface area contributed by atoms with Crippen LogP contribution in [0.2, 0.25) is 0 Å². The lowest BCUT2D eigenvalue weighted by Crippen LogP contribution is -2.52. The zero-order valence-electron chi connectivity index (χ0n) is 13.0. The molecule has 0 aromatic carbocycles. The number of carbonyl (C=O) groups is 1. The Morgan fingerprint density at radius 1 is 1.30 bits per heavy atom. The Balaban J connectivity index is 1.80. The third kappa shape index (κ3) is 4.45. The first-order valence-electron chi connectivity index (χ1n) is 8.27. The molecule has 1 aliphatic heterocycles. The molecule has 20 heavy (non-hydrogen) atoms. The van der Waals surface area contributed by atoms with E-state index in [1.807, 2.05) is 6.92 Å². The summed E-state index contributed by atoms with van der Waals surface area (Å²) in [4.78, 5) is 14.0. The summed E-state index contributed by atoms with van der Waals surface area (Å²) in [6.07, 6.45) is 8.12. The van der Waals surface area contributed by atoms with Gasteiger partial charge in [-0.3, -0.25) is 10.1 Å². The number of rotatable bonds is 7. The lowest BCUT2D eigenvalue weighted by atomic mass is 9.97. The number of carboxylic acids is 1. The van der Waals surface area contributed by atoms with Crippen LogP contribution in [0.4, 0.5) is 0 Å². The molecule has 1 saturated heterocycles. The second-order valence-electron chi connectivity index (χ2n) is 6.85. The first kappa shape index (κ1) is 15.8. The molecule has 4 heteroatoms. The summed E-state index contributed by atoms with van der Waals surface area (Å²) < 4.78 is 0. The van der Waals surface area contributed by atoms with E-state index in [-0.39, 0.29) is 0 Å². The highest BCUT2D eigenvalue weighted by atomic mass is 16.4. The average molecular weight is 282 g/mol. The second kappa shape index (κ2) is 6.90. The van der Waals surface area contributed by atoms with Crippen molar-refractivity contribution in [3.63, 3.8) is 0 Å². The smallest absolute Gasteiger partial charge is 0.323 e. The van der Waals surface area contributed by atoms with Gasteiger partial charge in [0.05, 0.1) is 0 Å². The molecule has 2 N–H and O–H groups in total. The van der Waals surface area contributed by atoms with Crippen LogP contribution in [-0.4, -0.2) is 47.2 Å². The summed E-state index contributed by atoms with van der Waals surface area (Å²) in [7, 11) is 0. The Hall–Kier alpha value is -0.610. The Kier molecular flexibility index (Phi) is 5.44. The molecule has 1 aliphatic carbocycles. The average Bonchev–Trinajstić information content (AvgIpc) is 3.22. The Labute approximate surface area is 122 Å². The van der Waals surface area contributed by atoms with Gasteiger partial charge in [-0.05, 0) is 64.5 Å². The van der Waals surface area contributed by atoms with Gasteiger partial charge >= 0.3 is 5.97 Å². The molecule has 1 heterocycles. The van der Waals surface area contributed by atoms with Crippen molar-refractivity contribution in [2.24, 2.45) is 5.92 Å². The highest BCUT2D eigenvalue weighted by molar-refractivity contribution is 5.78. The van der Waals surface area contributed by atoms with Gasteiger partial charge in [0.25, 0.3) is 0 Å².